The van der Waals surface area contributed by atoms with Crippen LogP contribution in [0.15, 0.2) is 53.0 Å². The summed E-state index contributed by atoms with van der Waals surface area (Å²) in [6.45, 7) is 12.2. The number of nitrogens with two attached hydrogens (primary N) is 1. The Morgan fingerprint density at radius 1 is 1.16 bits per heavy atom. The van der Waals surface area contributed by atoms with Crippen molar-refractivity contribution in [3.8, 4) is 0 Å². The number of methoxy groups -OCH3 is 2. The number of aliphatic imine (C=N–C) groups is 1. The highest BCUT2D eigenvalue weighted by atomic mass is 32.1. The van der Waals surface area contributed by atoms with Gasteiger partial charge in [-0.25, -0.2) is 18.6 Å². The summed E-state index contributed by atoms with van der Waals surface area (Å²) in [5, 5.41) is 17.3. The van der Waals surface area contributed by atoms with Crippen molar-refractivity contribution in [1.82, 2.24) is 36.4 Å². The number of fused-ring (bicyclic) bond motifs is 1. The molecule has 0 saturated carbocycles. The van der Waals surface area contributed by atoms with Crippen molar-refractivity contribution in [2.24, 2.45) is 34.4 Å². The minimum Gasteiger partial charge on any atom is -0.453 e. The highest BCUT2D eigenvalue weighted by Crippen LogP contribution is 2.43. The molecular weight excluding hydrogens is 893 g/mol. The molecule has 0 bridgehead atoms. The fourth-order valence-corrected chi connectivity index (χ4v) is 12.2. The number of nitrogens with one attached hydrogen (secondary N) is 5. The number of thiophene rings is 1. The third kappa shape index (κ3) is 13.7. The lowest BCUT2D eigenvalue weighted by atomic mass is 9.77. The average molecular weight is 972 g/mol. The van der Waals surface area contributed by atoms with Gasteiger partial charge in [0.2, 0.25) is 5.91 Å². The van der Waals surface area contributed by atoms with Gasteiger partial charge in [0.15, 0.2) is 0 Å². The molecule has 4 fully saturated rings. The molecule has 18 heteroatoms. The molecule has 5 heterocycles. The maximum Gasteiger partial charge on any atom is 0.407 e. The number of likely N-dealkylation sites (tertiary alicyclic amines) is 1. The van der Waals surface area contributed by atoms with Gasteiger partial charge in [0, 0.05) is 86.5 Å². The first-order valence-electron chi connectivity index (χ1n) is 25.1. The number of halogens is 2. The molecule has 68 heavy (non-hydrogen) atoms. The van der Waals surface area contributed by atoms with Gasteiger partial charge in [-0.3, -0.25) is 25.6 Å². The zero-order valence-corrected chi connectivity index (χ0v) is 42.0. The summed E-state index contributed by atoms with van der Waals surface area (Å²) in [5.74, 6) is -0.0896. The lowest BCUT2D eigenvalue weighted by Crippen LogP contribution is -2.56. The Hall–Kier alpha value is -3.33. The molecule has 3 unspecified atom stereocenters. The number of alkyl halides is 1. The third-order valence-electron chi connectivity index (χ3n) is 15.0. The van der Waals surface area contributed by atoms with Crippen LogP contribution in [0.4, 0.5) is 13.6 Å². The van der Waals surface area contributed by atoms with Gasteiger partial charge in [0.1, 0.15) is 23.4 Å². The van der Waals surface area contributed by atoms with Gasteiger partial charge in [-0.1, -0.05) is 24.6 Å². The highest BCUT2D eigenvalue weighted by Gasteiger charge is 2.46. The predicted octanol–water partition coefficient (Wildman–Crippen LogP) is 5.42. The van der Waals surface area contributed by atoms with Gasteiger partial charge < -0.3 is 40.2 Å². The number of rotatable bonds is 21. The van der Waals surface area contributed by atoms with Crippen LogP contribution in [0.3, 0.4) is 0 Å². The van der Waals surface area contributed by atoms with Crippen molar-refractivity contribution in [3.63, 3.8) is 0 Å². The number of carbonyl (C=O) groups is 2. The molecule has 1 aromatic rings. The molecule has 380 valence electrons. The van der Waals surface area contributed by atoms with Crippen LogP contribution in [0.25, 0.3) is 0 Å². The standard InChI is InChI=1S/C50H79F2N9O6S/c1-7-18-61(48(62)46(59-49(63)65-6)33-15-20-66-21-16-33)28-44-55-26-40(58-44)34-11-13-38-35(24-34)25-39(57-38)45-37(51)22-32(23-42(45)67-29-36-12-10-31(2)68-36)14-17-54-47(53)41-9-8-19-60(41)27-43(50(3,4)52)56-30-64-5/h10-12,14,17,22,32-33,35,38-46,55-58H,7-9,13,15-16,18-21,23-30H2,1-6H3,(H2,53,54)(H,59,63)/b17-14+/t32-,35+,38+,39+,40?,41+,42-,43+,44?,45?,46+/m1/s1. The van der Waals surface area contributed by atoms with E-state index in [-0.39, 0.29) is 66.7 Å². The van der Waals surface area contributed by atoms with Gasteiger partial charge in [0.25, 0.3) is 0 Å². The van der Waals surface area contributed by atoms with E-state index in [1.165, 1.54) is 17.6 Å². The zero-order chi connectivity index (χ0) is 48.4. The van der Waals surface area contributed by atoms with Crippen molar-refractivity contribution < 1.29 is 37.3 Å². The lowest BCUT2D eigenvalue weighted by molar-refractivity contribution is -0.136. The number of allylic oxidation sites excluding steroid dienone is 2. The number of ether oxygens (including phenoxy) is 4. The molecule has 7 N–H and O–H groups in total. The number of hydrogen-bond acceptors (Lipinski definition) is 13. The Morgan fingerprint density at radius 3 is 2.69 bits per heavy atom. The lowest BCUT2D eigenvalue weighted by Gasteiger charge is -2.36. The molecule has 11 atom stereocenters. The first-order valence-corrected chi connectivity index (χ1v) is 25.9. The van der Waals surface area contributed by atoms with E-state index in [9.17, 15) is 9.59 Å². The van der Waals surface area contributed by atoms with Crippen LogP contribution in [0.1, 0.15) is 88.3 Å². The van der Waals surface area contributed by atoms with Gasteiger partial charge >= 0.3 is 6.09 Å². The molecule has 6 aliphatic rings. The van der Waals surface area contributed by atoms with Crippen molar-refractivity contribution >= 4 is 29.2 Å². The molecule has 2 amide bonds. The summed E-state index contributed by atoms with van der Waals surface area (Å²) in [5.41, 5.74) is 6.50. The van der Waals surface area contributed by atoms with E-state index >= 15 is 8.78 Å². The van der Waals surface area contributed by atoms with E-state index in [1.807, 2.05) is 11.0 Å². The van der Waals surface area contributed by atoms with E-state index in [2.05, 4.69) is 68.5 Å². The molecule has 4 aliphatic heterocycles. The second kappa shape index (κ2) is 24.7. The largest absolute Gasteiger partial charge is 0.453 e. The Labute approximate surface area is 406 Å². The molecule has 4 saturated heterocycles. The Bertz CT molecular complexity index is 1940. The van der Waals surface area contributed by atoms with Crippen LogP contribution < -0.4 is 32.3 Å². The molecule has 2 aliphatic carbocycles. The van der Waals surface area contributed by atoms with Crippen LogP contribution in [-0.2, 0) is 30.3 Å². The first kappa shape index (κ1) is 52.5. The highest BCUT2D eigenvalue weighted by molar-refractivity contribution is 7.11. The fraction of sp³-hybridized carbons (Fsp3) is 0.740. The normalized spacial score (nSPS) is 30.5. The summed E-state index contributed by atoms with van der Waals surface area (Å²) in [6.07, 6.45) is 13.9. The number of aryl methyl sites for hydroxylation is 1. The molecule has 15 nitrogen and oxygen atoms in total. The Balaban J connectivity index is 0.971. The van der Waals surface area contributed by atoms with Gasteiger partial charge in [0.05, 0.1) is 50.7 Å². The van der Waals surface area contributed by atoms with Crippen molar-refractivity contribution in [2.45, 2.75) is 146 Å². The average Bonchev–Trinajstić information content (AvgIpc) is 4.16. The maximum atomic E-state index is 16.7. The zero-order valence-electron chi connectivity index (χ0n) is 41.2. The summed E-state index contributed by atoms with van der Waals surface area (Å²) < 4.78 is 54.2. The second-order valence-corrected chi connectivity index (χ2v) is 21.6. The predicted molar refractivity (Wildman–Crippen MR) is 262 cm³/mol. The monoisotopic (exact) mass is 972 g/mol. The Kier molecular flexibility index (Phi) is 19.0. The van der Waals surface area contributed by atoms with Gasteiger partial charge in [-0.15, -0.1) is 11.3 Å². The number of alkyl carbamates (subject to hydrolysis) is 1. The summed E-state index contributed by atoms with van der Waals surface area (Å²) in [7, 11) is 2.90. The van der Waals surface area contributed by atoms with Crippen LogP contribution in [-0.4, -0.2) is 149 Å². The number of amidine groups is 1. The van der Waals surface area contributed by atoms with Crippen LogP contribution in [0.5, 0.6) is 0 Å². The third-order valence-corrected chi connectivity index (χ3v) is 16.0. The van der Waals surface area contributed by atoms with Crippen molar-refractivity contribution in [1.29, 1.82) is 0 Å². The molecule has 0 radical (unpaired) electrons. The molecular formula is C50H79F2N9O6S. The van der Waals surface area contributed by atoms with Crippen LogP contribution in [0, 0.1) is 30.6 Å². The van der Waals surface area contributed by atoms with Gasteiger partial charge in [-0.05, 0) is 115 Å². The molecule has 7 rings (SSSR count). The van der Waals surface area contributed by atoms with E-state index in [1.54, 1.807) is 44.6 Å². The quantitative estimate of drug-likeness (QED) is 0.0400. The van der Waals surface area contributed by atoms with Gasteiger partial charge in [-0.2, -0.15) is 0 Å². The van der Waals surface area contributed by atoms with E-state index in [0.29, 0.717) is 70.5 Å². The second-order valence-electron chi connectivity index (χ2n) is 20.3. The number of amides is 2. The van der Waals surface area contributed by atoms with Crippen molar-refractivity contribution in [2.75, 3.05) is 66.9 Å². The summed E-state index contributed by atoms with van der Waals surface area (Å²) >= 11 is 1.70. The van der Waals surface area contributed by atoms with Crippen LogP contribution >= 0.6 is 11.3 Å². The number of hydrogen-bond donors (Lipinski definition) is 6. The molecule has 1 aromatic heterocycles. The summed E-state index contributed by atoms with van der Waals surface area (Å²) in [6, 6.07) is 3.25. The fourth-order valence-electron chi connectivity index (χ4n) is 11.4. The van der Waals surface area contributed by atoms with E-state index < -0.39 is 29.8 Å². The molecule has 0 spiro atoms. The molecule has 0 aromatic carbocycles. The number of nitrogens with zero attached hydrogens (tertiary/aromatic N) is 3. The van der Waals surface area contributed by atoms with E-state index in [0.717, 1.165) is 56.5 Å². The van der Waals surface area contributed by atoms with E-state index in [4.69, 9.17) is 24.7 Å². The smallest absolute Gasteiger partial charge is 0.407 e. The topological polar surface area (TPSA) is 176 Å². The Morgan fingerprint density at radius 2 is 1.97 bits per heavy atom. The van der Waals surface area contributed by atoms with Crippen molar-refractivity contribution in [3.05, 3.63) is 57.7 Å². The number of carbonyl (C=O) groups excluding carboxylic acids is 2. The summed E-state index contributed by atoms with van der Waals surface area (Å²) in [4.78, 5) is 37.5. The minimum atomic E-state index is -1.46. The maximum absolute atomic E-state index is 16.7. The first-order chi connectivity index (χ1) is 32.7. The SMILES string of the molecule is CCCN(CC1NCC(C2=CC[C@@H]3N[C@H](C4C(F)=C[C@@H](/C=C/N=C(N)[C@@H]5CCCN5C[C@H](NCOC)C(C)(C)F)C[C@H]4OCc4ccc(C)s4)C[C@@H]3C2)N1)C(=O)[C@@H](NC(=O)OC)C1CCOCC1. The van der Waals surface area contributed by atoms with Crippen LogP contribution in [0.2, 0.25) is 0 Å². The minimum absolute atomic E-state index is 0.0225.